The van der Waals surface area contributed by atoms with E-state index in [0.29, 0.717) is 25.9 Å². The molecule has 3 aliphatic heterocycles. The Labute approximate surface area is 81.1 Å². The zero-order chi connectivity index (χ0) is 10.0. The van der Waals surface area contributed by atoms with Crippen molar-refractivity contribution in [3.63, 3.8) is 0 Å². The predicted octanol–water partition coefficient (Wildman–Crippen LogP) is -1.05. The number of rotatable bonds is 2. The monoisotopic (exact) mass is 199 g/mol. The van der Waals surface area contributed by atoms with Gasteiger partial charge < -0.3 is 20.3 Å². The largest absolute Gasteiger partial charge is 0.481 e. The lowest BCUT2D eigenvalue weighted by Crippen LogP contribution is -2.68. The van der Waals surface area contributed by atoms with E-state index in [0.717, 1.165) is 0 Å². The highest BCUT2D eigenvalue weighted by Crippen LogP contribution is 2.67. The summed E-state index contributed by atoms with van der Waals surface area (Å²) in [7, 11) is 0. The van der Waals surface area contributed by atoms with E-state index in [4.69, 9.17) is 4.74 Å². The maximum Gasteiger partial charge on any atom is 0.312 e. The van der Waals surface area contributed by atoms with Crippen LogP contribution in [0.5, 0.6) is 0 Å². The number of aliphatic hydroxyl groups is 1. The summed E-state index contributed by atoms with van der Waals surface area (Å²) in [6.07, 6.45) is 0.932. The summed E-state index contributed by atoms with van der Waals surface area (Å²) in [4.78, 5) is 11.2. The van der Waals surface area contributed by atoms with Gasteiger partial charge in [-0.15, -0.1) is 0 Å². The predicted molar refractivity (Wildman–Crippen MR) is 45.8 cm³/mol. The Balaban J connectivity index is 1.98. The number of aliphatic carboxylic acids is 1. The first kappa shape index (κ1) is 8.64. The average molecular weight is 199 g/mol. The lowest BCUT2D eigenvalue weighted by molar-refractivity contribution is -0.161. The van der Waals surface area contributed by atoms with Crippen LogP contribution in [0.25, 0.3) is 0 Å². The van der Waals surface area contributed by atoms with Gasteiger partial charge in [0.25, 0.3) is 0 Å². The molecule has 78 valence electrons. The van der Waals surface area contributed by atoms with Gasteiger partial charge in [-0.3, -0.25) is 4.79 Å². The minimum absolute atomic E-state index is 0.0657. The molecule has 0 aromatic carbocycles. The molecule has 1 aliphatic carbocycles. The van der Waals surface area contributed by atoms with Gasteiger partial charge in [-0.25, -0.2) is 0 Å². The van der Waals surface area contributed by atoms with Gasteiger partial charge in [-0.2, -0.15) is 0 Å². The second-order valence-electron chi connectivity index (χ2n) is 4.78. The highest BCUT2D eigenvalue weighted by molar-refractivity contribution is 5.80. The van der Waals surface area contributed by atoms with Crippen LogP contribution in [0.3, 0.4) is 0 Å². The van der Waals surface area contributed by atoms with Gasteiger partial charge >= 0.3 is 5.97 Å². The van der Waals surface area contributed by atoms with Crippen molar-refractivity contribution in [1.29, 1.82) is 0 Å². The van der Waals surface area contributed by atoms with E-state index in [-0.39, 0.29) is 6.61 Å². The molecule has 0 radical (unpaired) electrons. The number of ether oxygens (including phenoxy) is 1. The second-order valence-corrected chi connectivity index (χ2v) is 4.78. The van der Waals surface area contributed by atoms with Gasteiger partial charge in [0, 0.05) is 13.1 Å². The molecule has 5 nitrogen and oxygen atoms in total. The molecule has 3 heterocycles. The first-order valence-corrected chi connectivity index (χ1v) is 4.83. The summed E-state index contributed by atoms with van der Waals surface area (Å²) in [5.41, 5.74) is -1.83. The number of hydrogen-bond donors (Lipinski definition) is 3. The molecule has 3 saturated heterocycles. The molecule has 1 saturated carbocycles. The molecule has 0 aromatic rings. The molecule has 4 fully saturated rings. The molecule has 4 rings (SSSR count). The zero-order valence-electron chi connectivity index (χ0n) is 7.75. The van der Waals surface area contributed by atoms with Crippen LogP contribution in [0, 0.1) is 5.41 Å². The van der Waals surface area contributed by atoms with Crippen molar-refractivity contribution in [2.24, 2.45) is 5.41 Å². The highest BCUT2D eigenvalue weighted by atomic mass is 16.6. The Hall–Kier alpha value is -0.650. The normalized spacial score (nSPS) is 47.2. The third kappa shape index (κ3) is 0.647. The first-order chi connectivity index (χ1) is 6.58. The summed E-state index contributed by atoms with van der Waals surface area (Å²) in [5, 5.41) is 21.5. The highest BCUT2D eigenvalue weighted by Gasteiger charge is 2.79. The van der Waals surface area contributed by atoms with Gasteiger partial charge in [0.15, 0.2) is 0 Å². The van der Waals surface area contributed by atoms with Crippen molar-refractivity contribution in [2.45, 2.75) is 24.0 Å². The smallest absolute Gasteiger partial charge is 0.312 e. The van der Waals surface area contributed by atoms with Crippen LogP contribution in [-0.2, 0) is 9.53 Å². The van der Waals surface area contributed by atoms with Gasteiger partial charge in [0.05, 0.1) is 12.2 Å². The average Bonchev–Trinajstić information content (AvgIpc) is 2.47. The van der Waals surface area contributed by atoms with Crippen LogP contribution in [0.2, 0.25) is 0 Å². The lowest BCUT2D eigenvalue weighted by atomic mass is 9.54. The molecule has 0 unspecified atom stereocenters. The molecular weight excluding hydrogens is 186 g/mol. The van der Waals surface area contributed by atoms with Crippen LogP contribution < -0.4 is 5.32 Å². The fraction of sp³-hybridized carbons (Fsp3) is 0.889. The zero-order valence-corrected chi connectivity index (χ0v) is 7.75. The molecular formula is C9H13NO4. The number of carbonyl (C=O) groups is 1. The van der Waals surface area contributed by atoms with E-state index in [1.807, 2.05) is 0 Å². The van der Waals surface area contributed by atoms with Crippen LogP contribution in [0.15, 0.2) is 0 Å². The molecule has 0 amide bonds. The summed E-state index contributed by atoms with van der Waals surface area (Å²) in [5.74, 6) is -0.777. The molecule has 3 N–H and O–H groups in total. The lowest BCUT2D eigenvalue weighted by Gasteiger charge is -2.48. The Bertz CT molecular complexity index is 304. The Morgan fingerprint density at radius 1 is 1.43 bits per heavy atom. The summed E-state index contributed by atoms with van der Waals surface area (Å²) < 4.78 is 5.77. The molecule has 0 aromatic heterocycles. The van der Waals surface area contributed by atoms with Crippen LogP contribution >= 0.6 is 0 Å². The maximum absolute atomic E-state index is 11.2. The molecule has 0 atom stereocenters. The van der Waals surface area contributed by atoms with Crippen molar-refractivity contribution in [1.82, 2.24) is 5.32 Å². The Morgan fingerprint density at radius 3 is 2.36 bits per heavy atom. The molecule has 14 heavy (non-hydrogen) atoms. The Kier molecular flexibility index (Phi) is 1.31. The standard InChI is InChI=1S/C9H13NO4/c11-5-7-1-8(2-7,6(12)13)9(14-7)3-10-4-9/h10-11H,1-5H2,(H,12,13). The fourth-order valence-corrected chi connectivity index (χ4v) is 3.21. The molecule has 2 bridgehead atoms. The van der Waals surface area contributed by atoms with Crippen molar-refractivity contribution < 1.29 is 19.7 Å². The van der Waals surface area contributed by atoms with Crippen molar-refractivity contribution in [3.8, 4) is 0 Å². The number of aliphatic hydroxyl groups excluding tert-OH is 1. The second kappa shape index (κ2) is 2.13. The van der Waals surface area contributed by atoms with Gasteiger partial charge in [-0.05, 0) is 12.8 Å². The van der Waals surface area contributed by atoms with Gasteiger partial charge in [-0.1, -0.05) is 0 Å². The molecule has 4 aliphatic rings. The minimum Gasteiger partial charge on any atom is -0.481 e. The summed E-state index contributed by atoms with van der Waals surface area (Å²) in [6, 6.07) is 0. The van der Waals surface area contributed by atoms with E-state index in [9.17, 15) is 15.0 Å². The van der Waals surface area contributed by atoms with Crippen LogP contribution in [0.1, 0.15) is 12.8 Å². The Morgan fingerprint density at radius 2 is 2.07 bits per heavy atom. The van der Waals surface area contributed by atoms with E-state index in [1.54, 1.807) is 0 Å². The van der Waals surface area contributed by atoms with E-state index in [1.165, 1.54) is 0 Å². The summed E-state index contributed by atoms with van der Waals surface area (Å²) >= 11 is 0. The number of carboxylic acids is 1. The quantitative estimate of drug-likeness (QED) is 0.529. The van der Waals surface area contributed by atoms with E-state index in [2.05, 4.69) is 5.32 Å². The van der Waals surface area contributed by atoms with E-state index >= 15 is 0 Å². The molecule has 5 heteroatoms. The number of nitrogens with one attached hydrogen (secondary N) is 1. The van der Waals surface area contributed by atoms with Crippen molar-refractivity contribution >= 4 is 5.97 Å². The third-order valence-corrected chi connectivity index (χ3v) is 4.05. The summed E-state index contributed by atoms with van der Waals surface area (Å²) in [6.45, 7) is 1.13. The minimum atomic E-state index is -0.777. The van der Waals surface area contributed by atoms with Crippen LogP contribution in [-0.4, -0.2) is 47.1 Å². The van der Waals surface area contributed by atoms with Gasteiger partial charge in [0.2, 0.25) is 0 Å². The van der Waals surface area contributed by atoms with Crippen LogP contribution in [0.4, 0.5) is 0 Å². The maximum atomic E-state index is 11.2. The number of carboxylic acid groups (broad SMARTS) is 1. The topological polar surface area (TPSA) is 78.8 Å². The third-order valence-electron chi connectivity index (χ3n) is 4.05. The van der Waals surface area contributed by atoms with Crippen molar-refractivity contribution in [2.75, 3.05) is 19.7 Å². The van der Waals surface area contributed by atoms with E-state index < -0.39 is 22.6 Å². The SMILES string of the molecule is O=C(O)C12CC(CO)(C1)OC21CNC1. The number of hydrogen-bond acceptors (Lipinski definition) is 4. The fourth-order valence-electron chi connectivity index (χ4n) is 3.21. The van der Waals surface area contributed by atoms with Gasteiger partial charge in [0.1, 0.15) is 11.0 Å². The molecule has 1 spiro atoms. The first-order valence-electron chi connectivity index (χ1n) is 4.83. The van der Waals surface area contributed by atoms with Crippen molar-refractivity contribution in [3.05, 3.63) is 0 Å².